The van der Waals surface area contributed by atoms with E-state index in [0.717, 1.165) is 17.1 Å². The number of hydrogen-bond acceptors (Lipinski definition) is 3. The molecule has 0 saturated heterocycles. The van der Waals surface area contributed by atoms with Crippen molar-refractivity contribution in [3.63, 3.8) is 0 Å². The molecule has 0 amide bonds. The SMILES string of the molecule is COc1cccc(CC(=NC(C)(C)C)NN)c1. The van der Waals surface area contributed by atoms with E-state index in [1.165, 1.54) is 0 Å². The van der Waals surface area contributed by atoms with Crippen LogP contribution in [0.2, 0.25) is 0 Å². The fraction of sp³-hybridized carbons (Fsp3) is 0.462. The van der Waals surface area contributed by atoms with Crippen molar-refractivity contribution >= 4 is 5.84 Å². The lowest BCUT2D eigenvalue weighted by Gasteiger charge is -2.16. The van der Waals surface area contributed by atoms with Gasteiger partial charge < -0.3 is 10.2 Å². The molecular weight excluding hydrogens is 214 g/mol. The molecule has 17 heavy (non-hydrogen) atoms. The average molecular weight is 235 g/mol. The number of hydrogen-bond donors (Lipinski definition) is 2. The molecule has 1 aromatic carbocycles. The summed E-state index contributed by atoms with van der Waals surface area (Å²) in [5, 5.41) is 0. The highest BCUT2D eigenvalue weighted by Gasteiger charge is 2.10. The van der Waals surface area contributed by atoms with Crippen LogP contribution in [-0.2, 0) is 6.42 Å². The number of nitrogens with one attached hydrogen (secondary N) is 1. The van der Waals surface area contributed by atoms with Crippen LogP contribution in [0.25, 0.3) is 0 Å². The zero-order valence-electron chi connectivity index (χ0n) is 10.9. The van der Waals surface area contributed by atoms with Gasteiger partial charge in [0, 0.05) is 6.42 Å². The molecule has 0 atom stereocenters. The summed E-state index contributed by atoms with van der Waals surface area (Å²) in [5.41, 5.74) is 3.63. The van der Waals surface area contributed by atoms with Gasteiger partial charge in [0.15, 0.2) is 0 Å². The molecule has 94 valence electrons. The molecule has 4 nitrogen and oxygen atoms in total. The van der Waals surface area contributed by atoms with E-state index in [0.29, 0.717) is 6.42 Å². The van der Waals surface area contributed by atoms with Gasteiger partial charge in [0.25, 0.3) is 0 Å². The van der Waals surface area contributed by atoms with E-state index in [9.17, 15) is 0 Å². The smallest absolute Gasteiger partial charge is 0.119 e. The highest BCUT2D eigenvalue weighted by molar-refractivity contribution is 5.84. The molecule has 1 aromatic rings. The maximum Gasteiger partial charge on any atom is 0.119 e. The maximum absolute atomic E-state index is 5.49. The van der Waals surface area contributed by atoms with Crippen molar-refractivity contribution in [2.45, 2.75) is 32.7 Å². The van der Waals surface area contributed by atoms with Crippen molar-refractivity contribution in [2.75, 3.05) is 7.11 Å². The number of ether oxygens (including phenoxy) is 1. The second-order valence-electron chi connectivity index (χ2n) is 4.90. The lowest BCUT2D eigenvalue weighted by molar-refractivity contribution is 0.414. The van der Waals surface area contributed by atoms with E-state index >= 15 is 0 Å². The molecule has 0 bridgehead atoms. The van der Waals surface area contributed by atoms with E-state index in [4.69, 9.17) is 10.6 Å². The lowest BCUT2D eigenvalue weighted by Crippen LogP contribution is -2.34. The van der Waals surface area contributed by atoms with E-state index in [2.05, 4.69) is 10.4 Å². The Bertz CT molecular complexity index is 394. The summed E-state index contributed by atoms with van der Waals surface area (Å²) in [4.78, 5) is 4.52. The maximum atomic E-state index is 5.49. The van der Waals surface area contributed by atoms with Crippen LogP contribution in [0.15, 0.2) is 29.3 Å². The van der Waals surface area contributed by atoms with Crippen molar-refractivity contribution in [2.24, 2.45) is 10.8 Å². The predicted octanol–water partition coefficient (Wildman–Crippen LogP) is 1.90. The summed E-state index contributed by atoms with van der Waals surface area (Å²) in [5.74, 6) is 7.10. The Labute approximate surface area is 103 Å². The van der Waals surface area contributed by atoms with Gasteiger partial charge in [-0.05, 0) is 38.5 Å². The number of hydrazine groups is 1. The van der Waals surface area contributed by atoms with Crippen LogP contribution in [0.4, 0.5) is 0 Å². The van der Waals surface area contributed by atoms with Gasteiger partial charge in [0.2, 0.25) is 0 Å². The molecule has 0 radical (unpaired) electrons. The first-order valence-corrected chi connectivity index (χ1v) is 5.63. The van der Waals surface area contributed by atoms with E-state index in [-0.39, 0.29) is 5.54 Å². The van der Waals surface area contributed by atoms with Gasteiger partial charge in [-0.15, -0.1) is 0 Å². The number of nitrogens with zero attached hydrogens (tertiary/aromatic N) is 1. The zero-order valence-corrected chi connectivity index (χ0v) is 10.9. The normalized spacial score (nSPS) is 12.4. The standard InChI is InChI=1S/C13H21N3O/c1-13(2,3)15-12(16-14)9-10-6-5-7-11(8-10)17-4/h5-8H,9,14H2,1-4H3,(H,15,16). The van der Waals surface area contributed by atoms with Crippen molar-refractivity contribution in [1.29, 1.82) is 0 Å². The molecule has 0 aromatic heterocycles. The molecule has 0 aliphatic heterocycles. The number of nitrogens with two attached hydrogens (primary N) is 1. The summed E-state index contributed by atoms with van der Waals surface area (Å²) in [6, 6.07) is 7.88. The number of aliphatic imine (C=N–C) groups is 1. The van der Waals surface area contributed by atoms with Crippen LogP contribution < -0.4 is 16.0 Å². The Kier molecular flexibility index (Phi) is 4.52. The minimum Gasteiger partial charge on any atom is -0.497 e. The highest BCUT2D eigenvalue weighted by atomic mass is 16.5. The van der Waals surface area contributed by atoms with Crippen molar-refractivity contribution in [1.82, 2.24) is 5.43 Å². The van der Waals surface area contributed by atoms with E-state index < -0.39 is 0 Å². The van der Waals surface area contributed by atoms with Crippen LogP contribution >= 0.6 is 0 Å². The molecule has 4 heteroatoms. The van der Waals surface area contributed by atoms with Crippen LogP contribution in [-0.4, -0.2) is 18.5 Å². The second-order valence-corrected chi connectivity index (χ2v) is 4.90. The van der Waals surface area contributed by atoms with Gasteiger partial charge in [-0.1, -0.05) is 12.1 Å². The van der Waals surface area contributed by atoms with E-state index in [1.807, 2.05) is 45.0 Å². The van der Waals surface area contributed by atoms with Crippen LogP contribution in [0.1, 0.15) is 26.3 Å². The summed E-state index contributed by atoms with van der Waals surface area (Å²) >= 11 is 0. The molecule has 0 heterocycles. The lowest BCUT2D eigenvalue weighted by atomic mass is 10.1. The fourth-order valence-electron chi connectivity index (χ4n) is 1.50. The number of methoxy groups -OCH3 is 1. The molecule has 0 unspecified atom stereocenters. The molecule has 0 saturated carbocycles. The largest absolute Gasteiger partial charge is 0.497 e. The quantitative estimate of drug-likeness (QED) is 0.364. The van der Waals surface area contributed by atoms with Gasteiger partial charge in [0.1, 0.15) is 11.6 Å². The first-order valence-electron chi connectivity index (χ1n) is 5.63. The topological polar surface area (TPSA) is 59.6 Å². The van der Waals surface area contributed by atoms with Gasteiger partial charge in [-0.25, -0.2) is 5.84 Å². The Hall–Kier alpha value is -1.55. The Morgan fingerprint density at radius 2 is 2.12 bits per heavy atom. The van der Waals surface area contributed by atoms with Crippen LogP contribution in [0.5, 0.6) is 5.75 Å². The minimum atomic E-state index is -0.138. The van der Waals surface area contributed by atoms with Crippen molar-refractivity contribution in [3.8, 4) is 5.75 Å². The predicted molar refractivity (Wildman–Crippen MR) is 71.2 cm³/mol. The first-order chi connectivity index (χ1) is 7.94. The molecule has 3 N–H and O–H groups in total. The van der Waals surface area contributed by atoms with Gasteiger partial charge in [-0.2, -0.15) is 0 Å². The monoisotopic (exact) mass is 235 g/mol. The molecular formula is C13H21N3O. The number of benzene rings is 1. The van der Waals surface area contributed by atoms with Gasteiger partial charge >= 0.3 is 0 Å². The van der Waals surface area contributed by atoms with Gasteiger partial charge in [0.05, 0.1) is 12.6 Å². The zero-order chi connectivity index (χ0) is 12.9. The highest BCUT2D eigenvalue weighted by Crippen LogP contribution is 2.14. The molecule has 1 rings (SSSR count). The molecule has 0 fully saturated rings. The average Bonchev–Trinajstić information content (AvgIpc) is 2.26. The fourth-order valence-corrected chi connectivity index (χ4v) is 1.50. The summed E-state index contributed by atoms with van der Waals surface area (Å²) < 4.78 is 5.18. The molecule has 0 aliphatic carbocycles. The number of amidine groups is 1. The van der Waals surface area contributed by atoms with Gasteiger partial charge in [-0.3, -0.25) is 4.99 Å². The summed E-state index contributed by atoms with van der Waals surface area (Å²) in [6.45, 7) is 6.11. The Morgan fingerprint density at radius 1 is 1.41 bits per heavy atom. The van der Waals surface area contributed by atoms with Crippen LogP contribution in [0.3, 0.4) is 0 Å². The second kappa shape index (κ2) is 5.68. The third-order valence-electron chi connectivity index (χ3n) is 2.14. The Morgan fingerprint density at radius 3 is 2.65 bits per heavy atom. The third-order valence-corrected chi connectivity index (χ3v) is 2.14. The summed E-state index contributed by atoms with van der Waals surface area (Å²) in [7, 11) is 1.66. The molecule has 0 aliphatic rings. The molecule has 0 spiro atoms. The first kappa shape index (κ1) is 13.5. The minimum absolute atomic E-state index is 0.138. The Balaban J connectivity index is 2.84. The van der Waals surface area contributed by atoms with Crippen LogP contribution in [0, 0.1) is 0 Å². The van der Waals surface area contributed by atoms with Crippen molar-refractivity contribution < 1.29 is 4.74 Å². The summed E-state index contributed by atoms with van der Waals surface area (Å²) in [6.07, 6.45) is 0.672. The van der Waals surface area contributed by atoms with E-state index in [1.54, 1.807) is 7.11 Å². The van der Waals surface area contributed by atoms with Crippen molar-refractivity contribution in [3.05, 3.63) is 29.8 Å². The third kappa shape index (κ3) is 4.87. The number of rotatable bonds is 3.